The second-order valence-electron chi connectivity index (χ2n) is 16.8. The van der Waals surface area contributed by atoms with Crippen LogP contribution in [0.3, 0.4) is 0 Å². The van der Waals surface area contributed by atoms with E-state index in [1.807, 2.05) is 6.08 Å². The fourth-order valence-electron chi connectivity index (χ4n) is 7.18. The second kappa shape index (κ2) is 47.5. The molecule has 0 saturated heterocycles. The van der Waals surface area contributed by atoms with E-state index in [0.717, 1.165) is 83.5 Å². The topological polar surface area (TPSA) is 95.9 Å². The molecule has 0 saturated carbocycles. The highest BCUT2D eigenvalue weighted by Crippen LogP contribution is 2.14. The van der Waals surface area contributed by atoms with Crippen molar-refractivity contribution in [1.29, 1.82) is 0 Å². The molecule has 0 aliphatic rings. The van der Waals surface area contributed by atoms with E-state index in [1.54, 1.807) is 6.08 Å². The zero-order valence-corrected chi connectivity index (χ0v) is 38.3. The molecule has 0 aliphatic heterocycles. The van der Waals surface area contributed by atoms with Gasteiger partial charge in [-0.15, -0.1) is 0 Å². The number of unbranched alkanes of at least 4 members (excludes halogenated alkanes) is 28. The molecule has 0 spiro atoms. The number of aliphatic hydroxyl groups excluding tert-OH is 2. The third-order valence-electron chi connectivity index (χ3n) is 11.1. The number of carbonyl (C=O) groups excluding carboxylic acids is 2. The summed E-state index contributed by atoms with van der Waals surface area (Å²) >= 11 is 0. The van der Waals surface area contributed by atoms with E-state index in [2.05, 4.69) is 55.6 Å². The molecule has 0 aromatic carbocycles. The van der Waals surface area contributed by atoms with Gasteiger partial charge in [-0.05, 0) is 89.9 Å². The number of esters is 1. The molecule has 58 heavy (non-hydrogen) atoms. The molecule has 1 amide bonds. The first-order chi connectivity index (χ1) is 28.5. The summed E-state index contributed by atoms with van der Waals surface area (Å²) in [6.07, 6.45) is 58.2. The number of nitrogens with one attached hydrogen (secondary N) is 1. The summed E-state index contributed by atoms with van der Waals surface area (Å²) in [7, 11) is 0. The van der Waals surface area contributed by atoms with Crippen LogP contribution in [0.15, 0.2) is 48.6 Å². The number of rotatable bonds is 45. The Morgan fingerprint density at radius 3 is 1.36 bits per heavy atom. The Balaban J connectivity index is 3.58. The molecule has 2 unspecified atom stereocenters. The standard InChI is InChI=1S/C52H95NO5/c1-3-5-7-9-11-13-15-17-19-20-21-23-25-30-34-38-42-46-52(57)58-47-43-39-35-31-27-26-29-33-37-41-45-51(56)53-49(48-54)50(55)44-40-36-32-28-24-22-18-16-14-12-10-8-6-4-2/h11,13,17,19,27,31,40,44,49-50,54-55H,3-10,12,14-16,18,20-26,28-30,32-39,41-43,45-48H2,1-2H3,(H,53,56)/b13-11-,19-17-,31-27-,44-40+. The predicted molar refractivity (Wildman–Crippen MR) is 250 cm³/mol. The van der Waals surface area contributed by atoms with Crippen molar-refractivity contribution >= 4 is 11.9 Å². The average Bonchev–Trinajstić information content (AvgIpc) is 3.22. The third-order valence-corrected chi connectivity index (χ3v) is 11.1. The number of amides is 1. The summed E-state index contributed by atoms with van der Waals surface area (Å²) in [4.78, 5) is 24.4. The number of hydrogen-bond acceptors (Lipinski definition) is 5. The second-order valence-corrected chi connectivity index (χ2v) is 16.8. The van der Waals surface area contributed by atoms with Crippen LogP contribution in [-0.4, -0.2) is 47.4 Å². The van der Waals surface area contributed by atoms with Crippen LogP contribution >= 0.6 is 0 Å². The first-order valence-corrected chi connectivity index (χ1v) is 24.9. The fraction of sp³-hybridized carbons (Fsp3) is 0.808. The zero-order chi connectivity index (χ0) is 42.3. The summed E-state index contributed by atoms with van der Waals surface area (Å²) in [5, 5.41) is 23.0. The van der Waals surface area contributed by atoms with Crippen LogP contribution in [-0.2, 0) is 14.3 Å². The Bertz CT molecular complexity index is 988. The molecule has 0 fully saturated rings. The summed E-state index contributed by atoms with van der Waals surface area (Å²) < 4.78 is 5.43. The molecule has 0 aromatic rings. The summed E-state index contributed by atoms with van der Waals surface area (Å²) in [6, 6.07) is -0.654. The summed E-state index contributed by atoms with van der Waals surface area (Å²) in [6.45, 7) is 4.77. The Labute approximate surface area is 359 Å². The molecular weight excluding hydrogens is 719 g/mol. The van der Waals surface area contributed by atoms with Crippen LogP contribution in [0.4, 0.5) is 0 Å². The third kappa shape index (κ3) is 43.4. The number of hydrogen-bond donors (Lipinski definition) is 3. The lowest BCUT2D eigenvalue weighted by Crippen LogP contribution is -2.45. The van der Waals surface area contributed by atoms with E-state index in [4.69, 9.17) is 4.74 Å². The molecule has 0 bridgehead atoms. The quantitative estimate of drug-likeness (QED) is 0.0323. The molecular formula is C52H95NO5. The van der Waals surface area contributed by atoms with Gasteiger partial charge < -0.3 is 20.3 Å². The van der Waals surface area contributed by atoms with Gasteiger partial charge in [0.2, 0.25) is 5.91 Å². The van der Waals surface area contributed by atoms with Gasteiger partial charge in [0.15, 0.2) is 0 Å². The monoisotopic (exact) mass is 814 g/mol. The lowest BCUT2D eigenvalue weighted by atomic mass is 10.0. The Hall–Kier alpha value is -2.18. The van der Waals surface area contributed by atoms with E-state index in [0.29, 0.717) is 19.4 Å². The fourth-order valence-corrected chi connectivity index (χ4v) is 7.18. The highest BCUT2D eigenvalue weighted by Gasteiger charge is 2.18. The highest BCUT2D eigenvalue weighted by molar-refractivity contribution is 5.76. The van der Waals surface area contributed by atoms with Crippen LogP contribution in [0.2, 0.25) is 0 Å². The van der Waals surface area contributed by atoms with Crippen molar-refractivity contribution in [3.63, 3.8) is 0 Å². The van der Waals surface area contributed by atoms with Crippen molar-refractivity contribution in [3.8, 4) is 0 Å². The SMILES string of the molecule is CCCCC/C=C\C/C=C\CCCCCCCCCC(=O)OCCCC/C=C\CCCCCCC(=O)NC(CO)C(O)/C=C/CCCCCCCCCCCCCC. The minimum Gasteiger partial charge on any atom is -0.466 e. The van der Waals surface area contributed by atoms with Gasteiger partial charge in [0, 0.05) is 12.8 Å². The Morgan fingerprint density at radius 1 is 0.483 bits per heavy atom. The van der Waals surface area contributed by atoms with Gasteiger partial charge >= 0.3 is 5.97 Å². The van der Waals surface area contributed by atoms with Crippen LogP contribution in [0.1, 0.15) is 245 Å². The van der Waals surface area contributed by atoms with E-state index >= 15 is 0 Å². The van der Waals surface area contributed by atoms with Crippen LogP contribution in [0.25, 0.3) is 0 Å². The normalized spacial score (nSPS) is 13.1. The smallest absolute Gasteiger partial charge is 0.305 e. The molecule has 338 valence electrons. The van der Waals surface area contributed by atoms with Gasteiger partial charge in [0.05, 0.1) is 25.4 Å². The maximum Gasteiger partial charge on any atom is 0.305 e. The molecule has 6 heteroatoms. The average molecular weight is 814 g/mol. The number of ether oxygens (including phenoxy) is 1. The van der Waals surface area contributed by atoms with Gasteiger partial charge in [-0.1, -0.05) is 191 Å². The molecule has 0 radical (unpaired) electrons. The lowest BCUT2D eigenvalue weighted by molar-refractivity contribution is -0.143. The van der Waals surface area contributed by atoms with Gasteiger partial charge in [0.1, 0.15) is 0 Å². The van der Waals surface area contributed by atoms with Gasteiger partial charge in [-0.2, -0.15) is 0 Å². The number of aliphatic hydroxyl groups is 2. The zero-order valence-electron chi connectivity index (χ0n) is 38.3. The molecule has 3 N–H and O–H groups in total. The maximum absolute atomic E-state index is 12.4. The Morgan fingerprint density at radius 2 is 0.862 bits per heavy atom. The number of allylic oxidation sites excluding steroid dienone is 7. The molecule has 0 rings (SSSR count). The van der Waals surface area contributed by atoms with Crippen LogP contribution in [0.5, 0.6) is 0 Å². The van der Waals surface area contributed by atoms with Crippen LogP contribution < -0.4 is 5.32 Å². The van der Waals surface area contributed by atoms with E-state index in [-0.39, 0.29) is 18.5 Å². The predicted octanol–water partition coefficient (Wildman–Crippen LogP) is 14.7. The van der Waals surface area contributed by atoms with Crippen molar-refractivity contribution in [3.05, 3.63) is 48.6 Å². The van der Waals surface area contributed by atoms with Crippen molar-refractivity contribution in [2.24, 2.45) is 0 Å². The lowest BCUT2D eigenvalue weighted by Gasteiger charge is -2.20. The van der Waals surface area contributed by atoms with Gasteiger partial charge in [0.25, 0.3) is 0 Å². The van der Waals surface area contributed by atoms with Gasteiger partial charge in [-0.25, -0.2) is 0 Å². The molecule has 0 heterocycles. The van der Waals surface area contributed by atoms with E-state index in [1.165, 1.54) is 135 Å². The molecule has 0 aliphatic carbocycles. The van der Waals surface area contributed by atoms with Gasteiger partial charge in [-0.3, -0.25) is 9.59 Å². The van der Waals surface area contributed by atoms with E-state index < -0.39 is 12.1 Å². The highest BCUT2D eigenvalue weighted by atomic mass is 16.5. The maximum atomic E-state index is 12.4. The number of carbonyl (C=O) groups is 2. The van der Waals surface area contributed by atoms with Crippen molar-refractivity contribution in [2.45, 2.75) is 257 Å². The minimum atomic E-state index is -0.867. The van der Waals surface area contributed by atoms with E-state index in [9.17, 15) is 19.8 Å². The molecule has 2 atom stereocenters. The van der Waals surface area contributed by atoms with Crippen molar-refractivity contribution < 1.29 is 24.5 Å². The molecule has 0 aromatic heterocycles. The summed E-state index contributed by atoms with van der Waals surface area (Å²) in [5.74, 6) is -0.153. The first kappa shape index (κ1) is 55.8. The summed E-state index contributed by atoms with van der Waals surface area (Å²) in [5.41, 5.74) is 0. The first-order valence-electron chi connectivity index (χ1n) is 24.9. The van der Waals surface area contributed by atoms with Crippen LogP contribution in [0, 0.1) is 0 Å². The Kier molecular flexibility index (Phi) is 45.7. The minimum absolute atomic E-state index is 0.0472. The molecule has 6 nitrogen and oxygen atoms in total. The largest absolute Gasteiger partial charge is 0.466 e. The van der Waals surface area contributed by atoms with Crippen molar-refractivity contribution in [2.75, 3.05) is 13.2 Å². The van der Waals surface area contributed by atoms with Crippen molar-refractivity contribution in [1.82, 2.24) is 5.32 Å².